The number of ether oxygens (including phenoxy) is 1. The summed E-state index contributed by atoms with van der Waals surface area (Å²) in [6.07, 6.45) is 0. The Morgan fingerprint density at radius 2 is 1.64 bits per heavy atom. The minimum absolute atomic E-state index is 0.716. The predicted octanol–water partition coefficient (Wildman–Crippen LogP) is 4.92. The van der Waals surface area contributed by atoms with Gasteiger partial charge in [-0.25, -0.2) is 4.98 Å². The van der Waals surface area contributed by atoms with E-state index in [9.17, 15) is 0 Å². The molecule has 0 saturated carbocycles. The number of aromatic amines is 1. The summed E-state index contributed by atoms with van der Waals surface area (Å²) in [7, 11) is 1.68. The summed E-state index contributed by atoms with van der Waals surface area (Å²) in [6.45, 7) is 4.13. The normalized spacial score (nSPS) is 11.0. The molecule has 2 aromatic carbocycles. The van der Waals surface area contributed by atoms with E-state index in [0.29, 0.717) is 5.65 Å². The molecule has 124 valence electrons. The predicted molar refractivity (Wildman–Crippen MR) is 101 cm³/mol. The highest BCUT2D eigenvalue weighted by Crippen LogP contribution is 2.29. The fourth-order valence-electron chi connectivity index (χ4n) is 3.01. The zero-order valence-corrected chi connectivity index (χ0v) is 14.5. The van der Waals surface area contributed by atoms with Gasteiger partial charge >= 0.3 is 0 Å². The molecular weight excluding hydrogens is 310 g/mol. The van der Waals surface area contributed by atoms with Crippen LogP contribution in [0.3, 0.4) is 0 Å². The Morgan fingerprint density at radius 1 is 0.840 bits per heavy atom. The average molecular weight is 329 g/mol. The molecular formula is C21H19N3O. The van der Waals surface area contributed by atoms with Gasteiger partial charge < -0.3 is 4.74 Å². The van der Waals surface area contributed by atoms with Gasteiger partial charge in [0, 0.05) is 16.5 Å². The van der Waals surface area contributed by atoms with E-state index in [-0.39, 0.29) is 0 Å². The molecule has 4 rings (SSSR count). The molecule has 4 nitrogen and oxygen atoms in total. The lowest BCUT2D eigenvalue weighted by atomic mass is 10.1. The molecule has 2 aromatic heterocycles. The Kier molecular flexibility index (Phi) is 3.73. The third-order valence-electron chi connectivity index (χ3n) is 4.34. The van der Waals surface area contributed by atoms with Crippen LogP contribution in [0, 0.1) is 13.8 Å². The first-order valence-electron chi connectivity index (χ1n) is 8.22. The van der Waals surface area contributed by atoms with Crippen LogP contribution in [0.4, 0.5) is 0 Å². The number of hydrogen-bond acceptors (Lipinski definition) is 3. The first-order chi connectivity index (χ1) is 12.1. The summed E-state index contributed by atoms with van der Waals surface area (Å²) in [6, 6.07) is 18.6. The minimum atomic E-state index is 0.716. The Balaban J connectivity index is 1.80. The number of methoxy groups -OCH3 is 1. The second-order valence-electron chi connectivity index (χ2n) is 6.27. The topological polar surface area (TPSA) is 50.8 Å². The monoisotopic (exact) mass is 329 g/mol. The van der Waals surface area contributed by atoms with Crippen molar-refractivity contribution in [1.29, 1.82) is 0 Å². The number of aryl methyl sites for hydroxylation is 2. The standard InChI is InChI=1S/C21H19N3O/c1-13-4-6-15(7-5-13)20-18-8-9-19(22-21(18)24-23-20)16-10-14(2)11-17(12-16)25-3/h4-12H,1-3H3,(H,22,23,24). The number of nitrogens with zero attached hydrogens (tertiary/aromatic N) is 2. The van der Waals surface area contributed by atoms with E-state index in [0.717, 1.165) is 39.2 Å². The lowest BCUT2D eigenvalue weighted by Crippen LogP contribution is -1.89. The highest BCUT2D eigenvalue weighted by Gasteiger charge is 2.11. The van der Waals surface area contributed by atoms with Crippen molar-refractivity contribution < 1.29 is 4.74 Å². The SMILES string of the molecule is COc1cc(C)cc(-c2ccc3c(-c4ccc(C)cc4)[nH]nc3n2)c1. The number of hydrogen-bond donors (Lipinski definition) is 1. The van der Waals surface area contributed by atoms with Gasteiger partial charge in [-0.15, -0.1) is 0 Å². The molecule has 0 radical (unpaired) electrons. The summed E-state index contributed by atoms with van der Waals surface area (Å²) < 4.78 is 5.37. The maximum atomic E-state index is 5.37. The Morgan fingerprint density at radius 3 is 2.40 bits per heavy atom. The van der Waals surface area contributed by atoms with Crippen LogP contribution >= 0.6 is 0 Å². The van der Waals surface area contributed by atoms with Gasteiger partial charge in [0.1, 0.15) is 5.75 Å². The molecule has 0 atom stereocenters. The van der Waals surface area contributed by atoms with Crippen molar-refractivity contribution in [2.45, 2.75) is 13.8 Å². The molecule has 0 amide bonds. The number of aromatic nitrogens is 3. The molecule has 0 unspecified atom stereocenters. The van der Waals surface area contributed by atoms with Gasteiger partial charge in [0.15, 0.2) is 5.65 Å². The molecule has 4 aromatic rings. The Hall–Kier alpha value is -3.14. The van der Waals surface area contributed by atoms with Gasteiger partial charge in [-0.2, -0.15) is 5.10 Å². The maximum Gasteiger partial charge on any atom is 0.182 e. The van der Waals surface area contributed by atoms with Crippen LogP contribution in [0.15, 0.2) is 54.6 Å². The molecule has 0 spiro atoms. The van der Waals surface area contributed by atoms with Gasteiger partial charge in [0.2, 0.25) is 0 Å². The van der Waals surface area contributed by atoms with Crippen molar-refractivity contribution >= 4 is 11.0 Å². The summed E-state index contributed by atoms with van der Waals surface area (Å²) >= 11 is 0. The van der Waals surface area contributed by atoms with Crippen molar-refractivity contribution in [2.24, 2.45) is 0 Å². The van der Waals surface area contributed by atoms with Crippen LogP contribution in [0.25, 0.3) is 33.5 Å². The number of rotatable bonds is 3. The molecule has 25 heavy (non-hydrogen) atoms. The summed E-state index contributed by atoms with van der Waals surface area (Å²) in [4.78, 5) is 4.73. The van der Waals surface area contributed by atoms with Gasteiger partial charge in [0.05, 0.1) is 18.5 Å². The van der Waals surface area contributed by atoms with Crippen molar-refractivity contribution in [3.63, 3.8) is 0 Å². The van der Waals surface area contributed by atoms with Crippen LogP contribution in [0.1, 0.15) is 11.1 Å². The van der Waals surface area contributed by atoms with Crippen LogP contribution < -0.4 is 4.74 Å². The highest BCUT2D eigenvalue weighted by molar-refractivity contribution is 5.92. The van der Waals surface area contributed by atoms with Crippen LogP contribution in [-0.4, -0.2) is 22.3 Å². The fourth-order valence-corrected chi connectivity index (χ4v) is 3.01. The van der Waals surface area contributed by atoms with E-state index in [1.54, 1.807) is 7.11 Å². The van der Waals surface area contributed by atoms with E-state index in [2.05, 4.69) is 60.4 Å². The molecule has 0 aliphatic carbocycles. The van der Waals surface area contributed by atoms with E-state index >= 15 is 0 Å². The average Bonchev–Trinajstić information content (AvgIpc) is 3.05. The first-order valence-corrected chi connectivity index (χ1v) is 8.22. The molecule has 4 heteroatoms. The molecule has 0 fully saturated rings. The van der Waals surface area contributed by atoms with Crippen LogP contribution in [0.2, 0.25) is 0 Å². The second kappa shape index (κ2) is 6.06. The van der Waals surface area contributed by atoms with Gasteiger partial charge in [-0.3, -0.25) is 5.10 Å². The minimum Gasteiger partial charge on any atom is -0.497 e. The molecule has 0 bridgehead atoms. The maximum absolute atomic E-state index is 5.37. The Labute approximate surface area is 146 Å². The van der Waals surface area contributed by atoms with Gasteiger partial charge in [-0.05, 0) is 49.7 Å². The molecule has 2 heterocycles. The zero-order valence-electron chi connectivity index (χ0n) is 14.5. The van der Waals surface area contributed by atoms with E-state index in [1.807, 2.05) is 18.2 Å². The number of H-pyrrole nitrogens is 1. The molecule has 0 aliphatic heterocycles. The first kappa shape index (κ1) is 15.4. The summed E-state index contributed by atoms with van der Waals surface area (Å²) in [5, 5.41) is 8.55. The smallest absolute Gasteiger partial charge is 0.182 e. The lowest BCUT2D eigenvalue weighted by molar-refractivity contribution is 0.414. The molecule has 0 aliphatic rings. The van der Waals surface area contributed by atoms with Crippen molar-refractivity contribution in [3.05, 3.63) is 65.7 Å². The number of fused-ring (bicyclic) bond motifs is 1. The van der Waals surface area contributed by atoms with Crippen molar-refractivity contribution in [1.82, 2.24) is 15.2 Å². The van der Waals surface area contributed by atoms with Gasteiger partial charge in [-0.1, -0.05) is 29.8 Å². The zero-order chi connectivity index (χ0) is 17.4. The van der Waals surface area contributed by atoms with Crippen LogP contribution in [-0.2, 0) is 0 Å². The van der Waals surface area contributed by atoms with Crippen molar-refractivity contribution in [2.75, 3.05) is 7.11 Å². The number of benzene rings is 2. The third-order valence-corrected chi connectivity index (χ3v) is 4.34. The van der Waals surface area contributed by atoms with Crippen molar-refractivity contribution in [3.8, 4) is 28.3 Å². The largest absolute Gasteiger partial charge is 0.497 e. The van der Waals surface area contributed by atoms with Crippen LogP contribution in [0.5, 0.6) is 5.75 Å². The number of nitrogens with one attached hydrogen (secondary N) is 1. The highest BCUT2D eigenvalue weighted by atomic mass is 16.5. The fraction of sp³-hybridized carbons (Fsp3) is 0.143. The number of pyridine rings is 1. The Bertz CT molecular complexity index is 1050. The lowest BCUT2D eigenvalue weighted by Gasteiger charge is -2.06. The second-order valence-corrected chi connectivity index (χ2v) is 6.27. The molecule has 0 saturated heterocycles. The van der Waals surface area contributed by atoms with E-state index in [1.165, 1.54) is 5.56 Å². The summed E-state index contributed by atoms with van der Waals surface area (Å²) in [5.41, 5.74) is 7.11. The third kappa shape index (κ3) is 2.87. The summed E-state index contributed by atoms with van der Waals surface area (Å²) in [5.74, 6) is 0.833. The quantitative estimate of drug-likeness (QED) is 0.580. The van der Waals surface area contributed by atoms with E-state index < -0.39 is 0 Å². The van der Waals surface area contributed by atoms with E-state index in [4.69, 9.17) is 9.72 Å². The molecule has 1 N–H and O–H groups in total. The van der Waals surface area contributed by atoms with Gasteiger partial charge in [0.25, 0.3) is 0 Å².